The van der Waals surface area contributed by atoms with E-state index >= 15 is 0 Å². The number of nitrogens with zero attached hydrogens (tertiary/aromatic N) is 2. The van der Waals surface area contributed by atoms with E-state index in [0.29, 0.717) is 0 Å². The SMILES string of the molecule is C[C@H]1CC[C@@H](NCCc2ccnn2C)C[C@@H]1C. The van der Waals surface area contributed by atoms with E-state index in [1.54, 1.807) is 0 Å². The summed E-state index contributed by atoms with van der Waals surface area (Å²) < 4.78 is 1.97. The summed E-state index contributed by atoms with van der Waals surface area (Å²) in [6.45, 7) is 5.85. The summed E-state index contributed by atoms with van der Waals surface area (Å²) in [4.78, 5) is 0. The van der Waals surface area contributed by atoms with Gasteiger partial charge in [0.05, 0.1) is 0 Å². The largest absolute Gasteiger partial charge is 0.314 e. The van der Waals surface area contributed by atoms with Crippen LogP contribution in [0.25, 0.3) is 0 Å². The predicted octanol–water partition coefficient (Wildman–Crippen LogP) is 2.38. The maximum atomic E-state index is 4.19. The van der Waals surface area contributed by atoms with E-state index in [1.165, 1.54) is 25.0 Å². The van der Waals surface area contributed by atoms with E-state index in [9.17, 15) is 0 Å². The molecule has 0 saturated heterocycles. The highest BCUT2D eigenvalue weighted by Gasteiger charge is 2.23. The molecule has 1 heterocycles. The van der Waals surface area contributed by atoms with Gasteiger partial charge in [-0.1, -0.05) is 13.8 Å². The Bertz CT molecular complexity index is 345. The molecular formula is C14H25N3. The van der Waals surface area contributed by atoms with Gasteiger partial charge in [0.2, 0.25) is 0 Å². The Labute approximate surface area is 105 Å². The Morgan fingerprint density at radius 3 is 2.82 bits per heavy atom. The molecule has 3 nitrogen and oxygen atoms in total. The molecule has 1 aliphatic carbocycles. The normalized spacial score (nSPS) is 29.5. The van der Waals surface area contributed by atoms with E-state index in [2.05, 4.69) is 30.3 Å². The van der Waals surface area contributed by atoms with Crippen LogP contribution in [0.1, 0.15) is 38.8 Å². The average molecular weight is 235 g/mol. The van der Waals surface area contributed by atoms with E-state index in [4.69, 9.17) is 0 Å². The molecule has 0 aromatic carbocycles. The highest BCUT2D eigenvalue weighted by Crippen LogP contribution is 2.29. The van der Waals surface area contributed by atoms with E-state index in [-0.39, 0.29) is 0 Å². The Hall–Kier alpha value is -0.830. The van der Waals surface area contributed by atoms with Gasteiger partial charge in [0.15, 0.2) is 0 Å². The number of hydrogen-bond acceptors (Lipinski definition) is 2. The standard InChI is InChI=1S/C14H25N3/c1-11-4-5-13(10-12(11)2)15-8-6-14-7-9-16-17(14)3/h7,9,11-13,15H,4-6,8,10H2,1-3H3/t11-,12-,13+/m0/s1. The lowest BCUT2D eigenvalue weighted by atomic mass is 9.79. The van der Waals surface area contributed by atoms with Crippen molar-refractivity contribution >= 4 is 0 Å². The van der Waals surface area contributed by atoms with Crippen LogP contribution in [0.3, 0.4) is 0 Å². The minimum absolute atomic E-state index is 0.731. The van der Waals surface area contributed by atoms with Crippen LogP contribution >= 0.6 is 0 Å². The maximum Gasteiger partial charge on any atom is 0.0492 e. The van der Waals surface area contributed by atoms with Crippen LogP contribution in [-0.2, 0) is 13.5 Å². The molecule has 0 radical (unpaired) electrons. The second kappa shape index (κ2) is 5.67. The number of aromatic nitrogens is 2. The van der Waals surface area contributed by atoms with Crippen molar-refractivity contribution in [3.8, 4) is 0 Å². The first-order valence-corrected chi connectivity index (χ1v) is 6.87. The first kappa shape index (κ1) is 12.6. The number of nitrogens with one attached hydrogen (secondary N) is 1. The highest BCUT2D eigenvalue weighted by molar-refractivity contribution is 5.00. The van der Waals surface area contributed by atoms with Crippen molar-refractivity contribution in [1.29, 1.82) is 0 Å². The minimum Gasteiger partial charge on any atom is -0.314 e. The summed E-state index contributed by atoms with van der Waals surface area (Å²) in [6.07, 6.45) is 7.02. The van der Waals surface area contributed by atoms with Gasteiger partial charge in [0, 0.05) is 37.9 Å². The first-order valence-electron chi connectivity index (χ1n) is 6.87. The van der Waals surface area contributed by atoms with Gasteiger partial charge in [-0.3, -0.25) is 4.68 Å². The fourth-order valence-corrected chi connectivity index (χ4v) is 2.78. The lowest BCUT2D eigenvalue weighted by molar-refractivity contribution is 0.227. The molecule has 0 spiro atoms. The number of rotatable bonds is 4. The van der Waals surface area contributed by atoms with Crippen molar-refractivity contribution in [1.82, 2.24) is 15.1 Å². The molecule has 1 N–H and O–H groups in total. The zero-order chi connectivity index (χ0) is 12.3. The van der Waals surface area contributed by atoms with Gasteiger partial charge in [0.1, 0.15) is 0 Å². The van der Waals surface area contributed by atoms with Crippen LogP contribution in [0.5, 0.6) is 0 Å². The molecule has 0 bridgehead atoms. The molecule has 0 unspecified atom stereocenters. The summed E-state index contributed by atoms with van der Waals surface area (Å²) in [5.41, 5.74) is 1.31. The Kier molecular flexibility index (Phi) is 4.21. The lowest BCUT2D eigenvalue weighted by Crippen LogP contribution is -2.37. The van der Waals surface area contributed by atoms with Crippen LogP contribution < -0.4 is 5.32 Å². The van der Waals surface area contributed by atoms with Crippen molar-refractivity contribution in [2.24, 2.45) is 18.9 Å². The third-order valence-corrected chi connectivity index (χ3v) is 4.33. The lowest BCUT2D eigenvalue weighted by Gasteiger charge is -2.32. The quantitative estimate of drug-likeness (QED) is 0.868. The summed E-state index contributed by atoms with van der Waals surface area (Å²) in [5, 5.41) is 7.89. The highest BCUT2D eigenvalue weighted by atomic mass is 15.3. The van der Waals surface area contributed by atoms with Gasteiger partial charge in [-0.2, -0.15) is 5.10 Å². The Morgan fingerprint density at radius 2 is 2.18 bits per heavy atom. The molecule has 1 aliphatic rings. The zero-order valence-corrected chi connectivity index (χ0v) is 11.3. The molecule has 1 saturated carbocycles. The molecule has 1 fully saturated rings. The van der Waals surface area contributed by atoms with Crippen LogP contribution in [0.15, 0.2) is 12.3 Å². The third-order valence-electron chi connectivity index (χ3n) is 4.33. The number of aryl methyl sites for hydroxylation is 1. The topological polar surface area (TPSA) is 29.9 Å². The van der Waals surface area contributed by atoms with Crippen LogP contribution in [-0.4, -0.2) is 22.4 Å². The van der Waals surface area contributed by atoms with E-state index in [0.717, 1.165) is 30.8 Å². The molecule has 1 aromatic rings. The van der Waals surface area contributed by atoms with Gasteiger partial charge in [0.25, 0.3) is 0 Å². The van der Waals surface area contributed by atoms with E-state index < -0.39 is 0 Å². The summed E-state index contributed by atoms with van der Waals surface area (Å²) in [7, 11) is 2.01. The third kappa shape index (κ3) is 3.32. The molecule has 3 heteroatoms. The molecule has 17 heavy (non-hydrogen) atoms. The second-order valence-corrected chi connectivity index (χ2v) is 5.61. The molecule has 1 aromatic heterocycles. The van der Waals surface area contributed by atoms with E-state index in [1.807, 2.05) is 17.9 Å². The molecule has 2 rings (SSSR count). The van der Waals surface area contributed by atoms with Gasteiger partial charge < -0.3 is 5.32 Å². The van der Waals surface area contributed by atoms with Crippen LogP contribution in [0, 0.1) is 11.8 Å². The van der Waals surface area contributed by atoms with Gasteiger partial charge >= 0.3 is 0 Å². The van der Waals surface area contributed by atoms with Crippen molar-refractivity contribution in [3.05, 3.63) is 18.0 Å². The molecule has 0 amide bonds. The summed E-state index contributed by atoms with van der Waals surface area (Å²) in [6, 6.07) is 2.84. The second-order valence-electron chi connectivity index (χ2n) is 5.61. The summed E-state index contributed by atoms with van der Waals surface area (Å²) in [5.74, 6) is 1.78. The fraction of sp³-hybridized carbons (Fsp3) is 0.786. The Morgan fingerprint density at radius 1 is 1.35 bits per heavy atom. The van der Waals surface area contributed by atoms with Crippen molar-refractivity contribution in [3.63, 3.8) is 0 Å². The smallest absolute Gasteiger partial charge is 0.0492 e. The maximum absolute atomic E-state index is 4.19. The number of hydrogen-bond donors (Lipinski definition) is 1. The minimum atomic E-state index is 0.731. The van der Waals surface area contributed by atoms with Crippen molar-refractivity contribution < 1.29 is 0 Å². The van der Waals surface area contributed by atoms with Crippen molar-refractivity contribution in [2.45, 2.75) is 45.6 Å². The Balaban J connectivity index is 1.71. The predicted molar refractivity (Wildman–Crippen MR) is 70.9 cm³/mol. The van der Waals surface area contributed by atoms with Gasteiger partial charge in [-0.05, 0) is 37.2 Å². The molecule has 0 aliphatic heterocycles. The van der Waals surface area contributed by atoms with Crippen LogP contribution in [0.4, 0.5) is 0 Å². The summed E-state index contributed by atoms with van der Waals surface area (Å²) >= 11 is 0. The molecule has 96 valence electrons. The first-order chi connectivity index (χ1) is 8.16. The van der Waals surface area contributed by atoms with Crippen LogP contribution in [0.2, 0.25) is 0 Å². The monoisotopic (exact) mass is 235 g/mol. The van der Waals surface area contributed by atoms with Gasteiger partial charge in [-0.25, -0.2) is 0 Å². The fourth-order valence-electron chi connectivity index (χ4n) is 2.78. The van der Waals surface area contributed by atoms with Gasteiger partial charge in [-0.15, -0.1) is 0 Å². The zero-order valence-electron chi connectivity index (χ0n) is 11.3. The van der Waals surface area contributed by atoms with Crippen molar-refractivity contribution in [2.75, 3.05) is 6.54 Å². The molecular weight excluding hydrogens is 210 g/mol. The molecule has 3 atom stereocenters. The average Bonchev–Trinajstić information content (AvgIpc) is 2.70.